The van der Waals surface area contributed by atoms with E-state index in [0.29, 0.717) is 12.2 Å². The highest BCUT2D eigenvalue weighted by Gasteiger charge is 2.21. The van der Waals surface area contributed by atoms with Crippen LogP contribution in [0.15, 0.2) is 0 Å². The molecular weight excluding hydrogens is 184 g/mol. The van der Waals surface area contributed by atoms with Crippen LogP contribution in [0.25, 0.3) is 0 Å². The number of hydrogen-bond donors (Lipinski definition) is 1. The lowest BCUT2D eigenvalue weighted by molar-refractivity contribution is -0.141. The molecule has 6 heteroatoms. The van der Waals surface area contributed by atoms with Gasteiger partial charge in [-0.3, -0.25) is 0 Å². The van der Waals surface area contributed by atoms with Gasteiger partial charge in [-0.25, -0.2) is 9.48 Å². The number of aliphatic carboxylic acids is 1. The molecule has 0 aromatic carbocycles. The molecule has 1 unspecified atom stereocenters. The van der Waals surface area contributed by atoms with Crippen LogP contribution in [0, 0.1) is 6.92 Å². The largest absolute Gasteiger partial charge is 0.480 e. The van der Waals surface area contributed by atoms with Crippen LogP contribution in [0.4, 0.5) is 0 Å². The molecule has 0 aliphatic carbocycles. The Morgan fingerprint density at radius 2 is 2.36 bits per heavy atom. The van der Waals surface area contributed by atoms with E-state index in [2.05, 4.69) is 15.5 Å². The molecular formula is C8H14N4O2. The van der Waals surface area contributed by atoms with E-state index in [9.17, 15) is 4.79 Å². The lowest BCUT2D eigenvalue weighted by atomic mass is 10.1. The Morgan fingerprint density at radius 1 is 1.64 bits per heavy atom. The highest BCUT2D eigenvalue weighted by Crippen LogP contribution is 2.14. The van der Waals surface area contributed by atoms with Crippen LogP contribution in [0.3, 0.4) is 0 Å². The summed E-state index contributed by atoms with van der Waals surface area (Å²) in [6.07, 6.45) is 2.39. The predicted octanol–water partition coefficient (Wildman–Crippen LogP) is 0.797. The van der Waals surface area contributed by atoms with Gasteiger partial charge in [-0.2, -0.15) is 0 Å². The third kappa shape index (κ3) is 2.27. The Morgan fingerprint density at radius 3 is 2.79 bits per heavy atom. The second-order valence-electron chi connectivity index (χ2n) is 3.17. The van der Waals surface area contributed by atoms with Gasteiger partial charge in [0.2, 0.25) is 0 Å². The first-order chi connectivity index (χ1) is 6.66. The maximum absolute atomic E-state index is 10.9. The summed E-state index contributed by atoms with van der Waals surface area (Å²) in [6.45, 7) is 3.72. The van der Waals surface area contributed by atoms with E-state index in [1.54, 1.807) is 6.92 Å². The van der Waals surface area contributed by atoms with E-state index in [-0.39, 0.29) is 0 Å². The molecule has 0 fully saturated rings. The highest BCUT2D eigenvalue weighted by molar-refractivity contribution is 5.71. The summed E-state index contributed by atoms with van der Waals surface area (Å²) in [5.74, 6) is -0.345. The topological polar surface area (TPSA) is 80.9 Å². The lowest BCUT2D eigenvalue weighted by Crippen LogP contribution is -2.21. The quantitative estimate of drug-likeness (QED) is 0.756. The summed E-state index contributed by atoms with van der Waals surface area (Å²) in [6, 6.07) is -0.634. The van der Waals surface area contributed by atoms with Crippen LogP contribution in [0.1, 0.15) is 38.1 Å². The first kappa shape index (κ1) is 10.6. The summed E-state index contributed by atoms with van der Waals surface area (Å²) in [4.78, 5) is 10.9. The van der Waals surface area contributed by atoms with Gasteiger partial charge in [-0.1, -0.05) is 19.8 Å². The van der Waals surface area contributed by atoms with Gasteiger partial charge < -0.3 is 5.11 Å². The normalized spacial score (nSPS) is 12.7. The number of carboxylic acid groups (broad SMARTS) is 1. The SMILES string of the molecule is CCCCC(C(=O)O)n1nnnc1C. The number of carbonyl (C=O) groups is 1. The first-order valence-electron chi connectivity index (χ1n) is 4.64. The predicted molar refractivity (Wildman–Crippen MR) is 48.8 cm³/mol. The number of aromatic nitrogens is 4. The molecule has 0 saturated heterocycles. The minimum atomic E-state index is -0.881. The standard InChI is InChI=1S/C8H14N4O2/c1-3-4-5-7(8(13)14)12-6(2)9-10-11-12/h7H,3-5H2,1-2H3,(H,13,14). The monoisotopic (exact) mass is 198 g/mol. The van der Waals surface area contributed by atoms with Crippen molar-refractivity contribution in [2.75, 3.05) is 0 Å². The molecule has 0 aliphatic heterocycles. The number of tetrazole rings is 1. The number of aryl methyl sites for hydroxylation is 1. The van der Waals surface area contributed by atoms with Crippen molar-refractivity contribution in [3.05, 3.63) is 5.82 Å². The number of nitrogens with zero attached hydrogens (tertiary/aromatic N) is 4. The van der Waals surface area contributed by atoms with Crippen LogP contribution in [0.2, 0.25) is 0 Å². The molecule has 0 aliphatic rings. The fourth-order valence-corrected chi connectivity index (χ4v) is 1.27. The summed E-state index contributed by atoms with van der Waals surface area (Å²) in [5.41, 5.74) is 0. The van der Waals surface area contributed by atoms with Crippen molar-refractivity contribution in [2.24, 2.45) is 0 Å². The zero-order valence-corrected chi connectivity index (χ0v) is 8.34. The van der Waals surface area contributed by atoms with E-state index in [0.717, 1.165) is 12.8 Å². The van der Waals surface area contributed by atoms with Crippen molar-refractivity contribution in [1.82, 2.24) is 20.2 Å². The summed E-state index contributed by atoms with van der Waals surface area (Å²) in [5, 5.41) is 19.7. The van der Waals surface area contributed by atoms with Gasteiger partial charge >= 0.3 is 5.97 Å². The first-order valence-corrected chi connectivity index (χ1v) is 4.64. The fraction of sp³-hybridized carbons (Fsp3) is 0.750. The summed E-state index contributed by atoms with van der Waals surface area (Å²) >= 11 is 0. The van der Waals surface area contributed by atoms with E-state index < -0.39 is 12.0 Å². The molecule has 14 heavy (non-hydrogen) atoms. The molecule has 1 rings (SSSR count). The van der Waals surface area contributed by atoms with Gasteiger partial charge in [0.05, 0.1) is 0 Å². The molecule has 0 radical (unpaired) electrons. The zero-order valence-electron chi connectivity index (χ0n) is 8.34. The van der Waals surface area contributed by atoms with Crippen LogP contribution in [-0.4, -0.2) is 31.3 Å². The molecule has 1 aromatic heterocycles. The van der Waals surface area contributed by atoms with E-state index >= 15 is 0 Å². The molecule has 1 heterocycles. The zero-order chi connectivity index (χ0) is 10.6. The lowest BCUT2D eigenvalue weighted by Gasteiger charge is -2.11. The van der Waals surface area contributed by atoms with Gasteiger partial charge in [0, 0.05) is 0 Å². The van der Waals surface area contributed by atoms with Crippen molar-refractivity contribution < 1.29 is 9.90 Å². The fourth-order valence-electron chi connectivity index (χ4n) is 1.27. The molecule has 1 aromatic rings. The van der Waals surface area contributed by atoms with Gasteiger partial charge in [0.1, 0.15) is 5.82 Å². The molecule has 1 atom stereocenters. The van der Waals surface area contributed by atoms with Crippen LogP contribution in [-0.2, 0) is 4.79 Å². The molecule has 6 nitrogen and oxygen atoms in total. The Hall–Kier alpha value is -1.46. The second-order valence-corrected chi connectivity index (χ2v) is 3.17. The smallest absolute Gasteiger partial charge is 0.328 e. The summed E-state index contributed by atoms with van der Waals surface area (Å²) in [7, 11) is 0. The number of unbranched alkanes of at least 4 members (excludes halogenated alkanes) is 1. The molecule has 78 valence electrons. The van der Waals surface area contributed by atoms with E-state index in [1.165, 1.54) is 4.68 Å². The van der Waals surface area contributed by atoms with Gasteiger partial charge in [0.25, 0.3) is 0 Å². The number of rotatable bonds is 5. The minimum absolute atomic E-state index is 0.536. The minimum Gasteiger partial charge on any atom is -0.480 e. The Labute approximate surface area is 81.9 Å². The summed E-state index contributed by atoms with van der Waals surface area (Å²) < 4.78 is 1.36. The average Bonchev–Trinajstić information content (AvgIpc) is 2.52. The van der Waals surface area contributed by atoms with Crippen molar-refractivity contribution in [1.29, 1.82) is 0 Å². The van der Waals surface area contributed by atoms with E-state index in [4.69, 9.17) is 5.11 Å². The van der Waals surface area contributed by atoms with Crippen LogP contribution < -0.4 is 0 Å². The van der Waals surface area contributed by atoms with Crippen LogP contribution in [0.5, 0.6) is 0 Å². The second kappa shape index (κ2) is 4.69. The molecule has 1 N–H and O–H groups in total. The maximum Gasteiger partial charge on any atom is 0.328 e. The van der Waals surface area contributed by atoms with Gasteiger partial charge in [-0.05, 0) is 23.8 Å². The maximum atomic E-state index is 10.9. The molecule has 0 bridgehead atoms. The third-order valence-corrected chi connectivity index (χ3v) is 2.07. The van der Waals surface area contributed by atoms with Crippen molar-refractivity contribution in [3.63, 3.8) is 0 Å². The van der Waals surface area contributed by atoms with Crippen LogP contribution >= 0.6 is 0 Å². The van der Waals surface area contributed by atoms with Gasteiger partial charge in [0.15, 0.2) is 6.04 Å². The Balaban J connectivity index is 2.78. The van der Waals surface area contributed by atoms with E-state index in [1.807, 2.05) is 6.92 Å². The van der Waals surface area contributed by atoms with Crippen molar-refractivity contribution >= 4 is 5.97 Å². The highest BCUT2D eigenvalue weighted by atomic mass is 16.4. The molecule has 0 saturated carbocycles. The molecule has 0 amide bonds. The Bertz CT molecular complexity index is 310. The van der Waals surface area contributed by atoms with Crippen molar-refractivity contribution in [3.8, 4) is 0 Å². The van der Waals surface area contributed by atoms with Gasteiger partial charge in [-0.15, -0.1) is 5.10 Å². The number of carboxylic acids is 1. The molecule has 0 spiro atoms. The van der Waals surface area contributed by atoms with Crippen molar-refractivity contribution in [2.45, 2.75) is 39.2 Å². The Kier molecular flexibility index (Phi) is 3.55. The average molecular weight is 198 g/mol. The number of hydrogen-bond acceptors (Lipinski definition) is 4. The third-order valence-electron chi connectivity index (χ3n) is 2.07.